The number of aliphatic hydroxyl groups excluding tert-OH is 2. The summed E-state index contributed by atoms with van der Waals surface area (Å²) in [4.78, 5) is 24.7. The van der Waals surface area contributed by atoms with Crippen LogP contribution in [-0.4, -0.2) is 47.4 Å². The molecule has 87 heavy (non-hydrogen) atoms. The molecule has 0 aromatic rings. The highest BCUT2D eigenvalue weighted by atomic mass is 16.5. The Morgan fingerprint density at radius 2 is 0.575 bits per heavy atom. The van der Waals surface area contributed by atoms with Gasteiger partial charge in [-0.1, -0.05) is 384 Å². The lowest BCUT2D eigenvalue weighted by molar-refractivity contribution is -0.143. The van der Waals surface area contributed by atoms with Crippen LogP contribution in [0.3, 0.4) is 0 Å². The molecule has 0 fully saturated rings. The lowest BCUT2D eigenvalue weighted by Gasteiger charge is -2.22. The number of nitrogens with one attached hydrogen (secondary N) is 1. The first kappa shape index (κ1) is 85.1. The van der Waals surface area contributed by atoms with Crippen molar-refractivity contribution in [3.8, 4) is 0 Å². The van der Waals surface area contributed by atoms with E-state index in [1.165, 1.54) is 360 Å². The highest BCUT2D eigenvalue weighted by Gasteiger charge is 2.20. The fraction of sp³-hybridized carbons (Fsp3) is 0.901. The first-order valence-electron chi connectivity index (χ1n) is 39.7. The molecule has 0 aromatic heterocycles. The van der Waals surface area contributed by atoms with E-state index in [9.17, 15) is 19.8 Å². The maximum Gasteiger partial charge on any atom is 0.305 e. The van der Waals surface area contributed by atoms with Crippen molar-refractivity contribution in [1.29, 1.82) is 0 Å². The van der Waals surface area contributed by atoms with Crippen molar-refractivity contribution < 1.29 is 24.5 Å². The van der Waals surface area contributed by atoms with Crippen LogP contribution in [0.2, 0.25) is 0 Å². The van der Waals surface area contributed by atoms with Gasteiger partial charge in [0, 0.05) is 12.8 Å². The van der Waals surface area contributed by atoms with E-state index in [0.717, 1.165) is 51.4 Å². The zero-order chi connectivity index (χ0) is 62.8. The summed E-state index contributed by atoms with van der Waals surface area (Å²) >= 11 is 0. The predicted molar refractivity (Wildman–Crippen MR) is 384 cm³/mol. The SMILES string of the molecule is CCCCCC/C=C\C/C=C\CCCCCCCC(=O)OCCCCCCCCCCCCCC/C=C\CCCCCCCCCCCCCCCCCC(=O)NC(CO)C(O)CCCCCCCCCCCCCCCCCCCCCCCCC. The maximum atomic E-state index is 12.6. The van der Waals surface area contributed by atoms with Crippen LogP contribution in [0.5, 0.6) is 0 Å². The number of carbonyl (C=O) groups is 2. The number of aliphatic hydroxyl groups is 2. The molecule has 0 saturated heterocycles. The molecule has 0 rings (SSSR count). The van der Waals surface area contributed by atoms with Gasteiger partial charge in [0.1, 0.15) is 0 Å². The van der Waals surface area contributed by atoms with Gasteiger partial charge in [0.25, 0.3) is 0 Å². The summed E-state index contributed by atoms with van der Waals surface area (Å²) in [5.41, 5.74) is 0. The Bertz CT molecular complexity index is 1410. The fourth-order valence-electron chi connectivity index (χ4n) is 12.6. The number of esters is 1. The molecule has 2 atom stereocenters. The molecule has 0 radical (unpaired) electrons. The van der Waals surface area contributed by atoms with Crippen LogP contribution in [-0.2, 0) is 14.3 Å². The Balaban J connectivity index is 3.37. The average molecular weight is 1220 g/mol. The number of unbranched alkanes of at least 4 members (excludes halogenated alkanes) is 58. The summed E-state index contributed by atoms with van der Waals surface area (Å²) in [5.74, 6) is -0.0228. The number of ether oxygens (including phenoxy) is 1. The van der Waals surface area contributed by atoms with Crippen LogP contribution in [0.25, 0.3) is 0 Å². The smallest absolute Gasteiger partial charge is 0.305 e. The van der Waals surface area contributed by atoms with Crippen LogP contribution in [0.15, 0.2) is 36.5 Å². The number of hydrogen-bond donors (Lipinski definition) is 3. The highest BCUT2D eigenvalue weighted by Crippen LogP contribution is 2.20. The van der Waals surface area contributed by atoms with Crippen molar-refractivity contribution in [3.63, 3.8) is 0 Å². The quantitative estimate of drug-likeness (QED) is 0.0320. The molecular weight excluding hydrogens is 1070 g/mol. The van der Waals surface area contributed by atoms with E-state index in [1.807, 2.05) is 0 Å². The van der Waals surface area contributed by atoms with E-state index in [-0.39, 0.29) is 18.5 Å². The van der Waals surface area contributed by atoms with E-state index in [0.29, 0.717) is 25.9 Å². The molecule has 0 aliphatic carbocycles. The van der Waals surface area contributed by atoms with Gasteiger partial charge in [-0.05, 0) is 83.5 Å². The molecule has 0 saturated carbocycles. The summed E-state index contributed by atoms with van der Waals surface area (Å²) in [6.07, 6.45) is 99.5. The van der Waals surface area contributed by atoms with Gasteiger partial charge >= 0.3 is 5.97 Å². The Labute approximate surface area is 544 Å². The topological polar surface area (TPSA) is 95.9 Å². The van der Waals surface area contributed by atoms with E-state index in [4.69, 9.17) is 4.74 Å². The van der Waals surface area contributed by atoms with Gasteiger partial charge in [-0.3, -0.25) is 9.59 Å². The van der Waals surface area contributed by atoms with Crippen molar-refractivity contribution in [1.82, 2.24) is 5.32 Å². The Morgan fingerprint density at radius 1 is 0.322 bits per heavy atom. The third-order valence-electron chi connectivity index (χ3n) is 18.7. The first-order chi connectivity index (χ1) is 43.0. The van der Waals surface area contributed by atoms with Gasteiger partial charge in [-0.25, -0.2) is 0 Å². The van der Waals surface area contributed by atoms with E-state index in [1.54, 1.807) is 0 Å². The second kappa shape index (κ2) is 76.5. The molecule has 2 unspecified atom stereocenters. The Kier molecular flexibility index (Phi) is 74.8. The van der Waals surface area contributed by atoms with Crippen molar-refractivity contribution in [2.24, 2.45) is 0 Å². The normalized spacial score (nSPS) is 12.6. The molecule has 3 N–H and O–H groups in total. The zero-order valence-electron chi connectivity index (χ0n) is 59.0. The van der Waals surface area contributed by atoms with Gasteiger partial charge in [-0.2, -0.15) is 0 Å². The third-order valence-corrected chi connectivity index (χ3v) is 18.7. The molecule has 0 aromatic carbocycles. The number of amides is 1. The van der Waals surface area contributed by atoms with Crippen LogP contribution in [0.4, 0.5) is 0 Å². The predicted octanol–water partition coefficient (Wildman–Crippen LogP) is 26.2. The number of carbonyl (C=O) groups excluding carboxylic acids is 2. The molecule has 6 heteroatoms. The fourth-order valence-corrected chi connectivity index (χ4v) is 12.6. The van der Waals surface area contributed by atoms with E-state index >= 15 is 0 Å². The van der Waals surface area contributed by atoms with E-state index < -0.39 is 12.1 Å². The number of hydrogen-bond acceptors (Lipinski definition) is 5. The number of rotatable bonds is 75. The monoisotopic (exact) mass is 1220 g/mol. The zero-order valence-corrected chi connectivity index (χ0v) is 59.0. The van der Waals surface area contributed by atoms with Crippen molar-refractivity contribution in [3.05, 3.63) is 36.5 Å². The van der Waals surface area contributed by atoms with Crippen molar-refractivity contribution >= 4 is 11.9 Å². The minimum absolute atomic E-state index is 0.00496. The van der Waals surface area contributed by atoms with E-state index in [2.05, 4.69) is 55.6 Å². The molecule has 1 amide bonds. The molecule has 0 heterocycles. The summed E-state index contributed by atoms with van der Waals surface area (Å²) < 4.78 is 5.50. The van der Waals surface area contributed by atoms with Gasteiger partial charge in [0.2, 0.25) is 5.91 Å². The second-order valence-electron chi connectivity index (χ2n) is 27.4. The molecule has 0 bridgehead atoms. The molecule has 0 spiro atoms. The van der Waals surface area contributed by atoms with Crippen molar-refractivity contribution in [2.75, 3.05) is 13.2 Å². The summed E-state index contributed by atoms with van der Waals surface area (Å²) in [5, 5.41) is 23.5. The lowest BCUT2D eigenvalue weighted by Crippen LogP contribution is -2.45. The van der Waals surface area contributed by atoms with Crippen LogP contribution >= 0.6 is 0 Å². The van der Waals surface area contributed by atoms with Gasteiger partial charge in [0.15, 0.2) is 0 Å². The molecule has 0 aliphatic heterocycles. The Morgan fingerprint density at radius 3 is 0.897 bits per heavy atom. The lowest BCUT2D eigenvalue weighted by atomic mass is 10.0. The number of allylic oxidation sites excluding steroid dienone is 6. The summed E-state index contributed by atoms with van der Waals surface area (Å²) in [6, 6.07) is -0.542. The first-order valence-corrected chi connectivity index (χ1v) is 39.7. The maximum absolute atomic E-state index is 12.6. The molecule has 0 aliphatic rings. The van der Waals surface area contributed by atoms with Crippen LogP contribution < -0.4 is 5.32 Å². The Hall–Kier alpha value is -1.92. The molecule has 6 nitrogen and oxygen atoms in total. The molecular formula is C81H155NO5. The highest BCUT2D eigenvalue weighted by molar-refractivity contribution is 5.76. The summed E-state index contributed by atoms with van der Waals surface area (Å²) in [7, 11) is 0. The van der Waals surface area contributed by atoms with Gasteiger partial charge in [0.05, 0.1) is 25.4 Å². The second-order valence-corrected chi connectivity index (χ2v) is 27.4. The average Bonchev–Trinajstić information content (AvgIpc) is 3.52. The molecule has 514 valence electrons. The van der Waals surface area contributed by atoms with Crippen LogP contribution in [0, 0.1) is 0 Å². The largest absolute Gasteiger partial charge is 0.466 e. The van der Waals surface area contributed by atoms with Gasteiger partial charge in [-0.15, -0.1) is 0 Å². The standard InChI is InChI=1S/C81H155NO5/c1-3-5-7-9-11-13-15-17-19-21-22-23-33-36-39-42-45-49-53-57-61-65-69-73-79(84)78(77-83)82-80(85)74-70-66-62-58-54-50-46-43-40-37-34-31-29-27-25-24-26-28-30-32-35-38-41-44-48-52-56-60-64-68-72-76-87-81(86)75-71-67-63-59-55-51-47-20-18-16-14-12-10-8-6-4-2/h14,16,20,26,28,47,78-79,83-84H,3-13,15,17-19,21-25,27,29-46,48-77H2,1-2H3,(H,82,85)/b16-14-,28-26-,47-20-. The van der Waals surface area contributed by atoms with Crippen LogP contribution in [0.1, 0.15) is 444 Å². The minimum Gasteiger partial charge on any atom is -0.466 e. The minimum atomic E-state index is -0.665. The summed E-state index contributed by atoms with van der Waals surface area (Å²) in [6.45, 7) is 4.98. The van der Waals surface area contributed by atoms with Gasteiger partial charge < -0.3 is 20.3 Å². The van der Waals surface area contributed by atoms with Crippen molar-refractivity contribution in [2.45, 2.75) is 456 Å². The third kappa shape index (κ3) is 73.0.